The summed E-state index contributed by atoms with van der Waals surface area (Å²) in [6.07, 6.45) is 5.16. The molecule has 2 aliphatic rings. The molecule has 0 spiro atoms. The topological polar surface area (TPSA) is 0 Å². The zero-order valence-electron chi connectivity index (χ0n) is 29.4. The molecule has 0 aromatic heterocycles. The summed E-state index contributed by atoms with van der Waals surface area (Å²) in [5, 5.41) is 0. The molecule has 242 valence electrons. The third-order valence-electron chi connectivity index (χ3n) is 10.7. The van der Waals surface area contributed by atoms with Crippen molar-refractivity contribution in [2.75, 3.05) is 0 Å². The smallest absolute Gasteiger partial charge is 0.147 e. The summed E-state index contributed by atoms with van der Waals surface area (Å²) in [6, 6.07) is 30.4. The van der Waals surface area contributed by atoms with Gasteiger partial charge in [0.2, 0.25) is 0 Å². The van der Waals surface area contributed by atoms with E-state index < -0.39 is 17.4 Å². The molecule has 4 heteroatoms. The second-order valence-electron chi connectivity index (χ2n) is 16.2. The first-order valence-corrected chi connectivity index (χ1v) is 30.2. The monoisotopic (exact) mass is 744 g/mol. The second-order valence-corrected chi connectivity index (χ2v) is 46.7. The maximum absolute atomic E-state index is 3.68. The average Bonchev–Trinajstić information content (AvgIpc) is 3.54. The molecule has 0 saturated carbocycles. The maximum Gasteiger partial charge on any atom is -0.147 e. The van der Waals surface area contributed by atoms with Crippen molar-refractivity contribution in [3.8, 4) is 22.3 Å². The number of benzene rings is 4. The van der Waals surface area contributed by atoms with E-state index in [2.05, 4.69) is 163 Å². The minimum Gasteiger partial charge on any atom is -0.147 e. The van der Waals surface area contributed by atoms with Crippen molar-refractivity contribution in [1.82, 2.24) is 0 Å². The molecular formula is C42H52Cl2SiZr. The summed E-state index contributed by atoms with van der Waals surface area (Å²) in [6.45, 7) is 21.1. The van der Waals surface area contributed by atoms with E-state index in [0.717, 1.165) is 0 Å². The zero-order chi connectivity index (χ0) is 31.8. The van der Waals surface area contributed by atoms with Crippen molar-refractivity contribution in [3.05, 3.63) is 129 Å². The van der Waals surface area contributed by atoms with Gasteiger partial charge in [0, 0.05) is 0 Å². The second kappa shape index (κ2) is 12.8. The minimum absolute atomic E-state index is 0. The molecule has 46 heavy (non-hydrogen) atoms. The Morgan fingerprint density at radius 3 is 1.80 bits per heavy atom. The van der Waals surface area contributed by atoms with Crippen LogP contribution < -0.4 is 0 Å². The van der Waals surface area contributed by atoms with Crippen LogP contribution in [0.25, 0.3) is 34.4 Å². The number of hydrogen-bond acceptors (Lipinski definition) is 0. The number of halogens is 2. The molecule has 6 rings (SSSR count). The summed E-state index contributed by atoms with van der Waals surface area (Å²) < 4.78 is 6.58. The molecule has 0 bridgehead atoms. The third kappa shape index (κ3) is 6.18. The van der Waals surface area contributed by atoms with Crippen LogP contribution in [0.4, 0.5) is 0 Å². The molecule has 4 aromatic carbocycles. The fourth-order valence-electron chi connectivity index (χ4n) is 8.58. The number of aryl methyl sites for hydroxylation is 2. The van der Waals surface area contributed by atoms with Crippen molar-refractivity contribution in [1.29, 1.82) is 0 Å². The van der Waals surface area contributed by atoms with Gasteiger partial charge >= 0.3 is 271 Å². The molecule has 0 heterocycles. The molecule has 0 aliphatic heterocycles. The van der Waals surface area contributed by atoms with Crippen LogP contribution in [0.5, 0.6) is 0 Å². The van der Waals surface area contributed by atoms with E-state index in [-0.39, 0.29) is 30.2 Å². The van der Waals surface area contributed by atoms with E-state index in [9.17, 15) is 0 Å². The first kappa shape index (κ1) is 36.9. The first-order chi connectivity index (χ1) is 20.6. The van der Waals surface area contributed by atoms with Crippen molar-refractivity contribution < 1.29 is 17.4 Å². The van der Waals surface area contributed by atoms with Gasteiger partial charge in [0.1, 0.15) is 0 Å². The molecule has 0 amide bonds. The van der Waals surface area contributed by atoms with Gasteiger partial charge < -0.3 is 0 Å². The Hall–Kier alpha value is -1.96. The number of fused-ring (bicyclic) bond motifs is 2. The van der Waals surface area contributed by atoms with E-state index in [0.29, 0.717) is 13.2 Å². The van der Waals surface area contributed by atoms with E-state index in [1.54, 1.807) is 22.3 Å². The molecular weight excluding hydrogens is 695 g/mol. The van der Waals surface area contributed by atoms with E-state index in [4.69, 9.17) is 0 Å². The summed E-state index contributed by atoms with van der Waals surface area (Å²) >= 11 is -3.68. The standard InChI is InChI=1S/C21H23.C19H19.2CH3.2ClH.H2Si.Zr/c1-14-12-19-15(2)6-11-18(20(19)13-14)16-7-9-17(10-8-16)21(3,4)5;1-13(2)17-11-16-5-4-6-18(19(16)12-17)15-9-7-14(3)8-10-15;;;;;;/h6-13H,1-5H3;4-13H,1-3H3;2*1H3;2*1H;1H2;. The largest absolute Gasteiger partial charge is 0.147 e. The SMILES string of the molecule is CC1=Cc2c(-c3ccc(C(C)(C)C)cc3)ccc(C)c2[CH]1[Zr]([CH3])([CH3])(=[SiH2])[CH]1C(C(C)C)=Cc2c(-c3ccc(C)cc3)cccc21.Cl.Cl. The van der Waals surface area contributed by atoms with Crippen LogP contribution in [0.2, 0.25) is 9.26 Å². The van der Waals surface area contributed by atoms with Gasteiger partial charge in [-0.2, -0.15) is 0 Å². The van der Waals surface area contributed by atoms with Crippen molar-refractivity contribution in [2.24, 2.45) is 5.92 Å². The molecule has 0 N–H and O–H groups in total. The van der Waals surface area contributed by atoms with Gasteiger partial charge in [0.15, 0.2) is 0 Å². The minimum atomic E-state index is -3.68. The predicted octanol–water partition coefficient (Wildman–Crippen LogP) is 12.4. The Morgan fingerprint density at radius 1 is 0.674 bits per heavy atom. The van der Waals surface area contributed by atoms with Gasteiger partial charge in [-0.25, -0.2) is 0 Å². The van der Waals surface area contributed by atoms with Crippen LogP contribution in [-0.4, -0.2) is 6.88 Å². The van der Waals surface area contributed by atoms with Gasteiger partial charge in [-0.1, -0.05) is 0 Å². The fourth-order valence-corrected chi connectivity index (χ4v) is 29.2. The van der Waals surface area contributed by atoms with Crippen LogP contribution in [0.3, 0.4) is 0 Å². The van der Waals surface area contributed by atoms with Crippen molar-refractivity contribution >= 4 is 43.8 Å². The molecule has 0 nitrogen and oxygen atoms in total. The van der Waals surface area contributed by atoms with Gasteiger partial charge in [-0.15, -0.1) is 24.8 Å². The van der Waals surface area contributed by atoms with Crippen LogP contribution in [0, 0.1) is 19.8 Å². The quantitative estimate of drug-likeness (QED) is 0.178. The normalized spacial score (nSPS) is 17.5. The van der Waals surface area contributed by atoms with Gasteiger partial charge in [-0.05, 0) is 0 Å². The van der Waals surface area contributed by atoms with Gasteiger partial charge in [-0.3, -0.25) is 0 Å². The molecule has 0 radical (unpaired) electrons. The maximum atomic E-state index is 2.77. The number of allylic oxidation sites excluding steroid dienone is 2. The Morgan fingerprint density at radius 2 is 1.24 bits per heavy atom. The third-order valence-corrected chi connectivity index (χ3v) is 28.3. The summed E-state index contributed by atoms with van der Waals surface area (Å²) in [5.41, 5.74) is 19.1. The van der Waals surface area contributed by atoms with E-state index >= 15 is 0 Å². The van der Waals surface area contributed by atoms with Gasteiger partial charge in [0.25, 0.3) is 0 Å². The van der Waals surface area contributed by atoms with Crippen molar-refractivity contribution in [2.45, 2.75) is 77.3 Å². The van der Waals surface area contributed by atoms with E-state index in [1.807, 2.05) is 0 Å². The Kier molecular flexibility index (Phi) is 10.3. The Labute approximate surface area is 293 Å². The van der Waals surface area contributed by atoms with Crippen LogP contribution >= 0.6 is 24.8 Å². The average molecular weight is 747 g/mol. The summed E-state index contributed by atoms with van der Waals surface area (Å²) in [4.78, 5) is 0. The predicted molar refractivity (Wildman–Crippen MR) is 209 cm³/mol. The molecule has 2 unspecified atom stereocenters. The van der Waals surface area contributed by atoms with Crippen LogP contribution in [0.15, 0.2) is 90.0 Å². The molecule has 0 saturated heterocycles. The van der Waals surface area contributed by atoms with Gasteiger partial charge in [0.05, 0.1) is 0 Å². The summed E-state index contributed by atoms with van der Waals surface area (Å²) in [7, 11) is 0. The first-order valence-electron chi connectivity index (χ1n) is 16.5. The molecule has 4 aromatic rings. The fraction of sp³-hybridized carbons (Fsp3) is 0.333. The molecule has 2 atom stereocenters. The Bertz CT molecular complexity index is 1910. The molecule has 0 fully saturated rings. The van der Waals surface area contributed by atoms with E-state index in [1.165, 1.54) is 50.1 Å². The Balaban J connectivity index is 0.00000240. The zero-order valence-corrected chi connectivity index (χ0v) is 34.9. The number of rotatable bonds is 5. The van der Waals surface area contributed by atoms with Crippen LogP contribution in [0.1, 0.15) is 87.7 Å². The van der Waals surface area contributed by atoms with Crippen LogP contribution in [-0.2, 0) is 22.8 Å². The summed E-state index contributed by atoms with van der Waals surface area (Å²) in [5.74, 6) is 0.509. The molecule has 2 aliphatic carbocycles. The number of hydrogen-bond donors (Lipinski definition) is 0. The van der Waals surface area contributed by atoms with Crippen molar-refractivity contribution in [3.63, 3.8) is 0 Å².